The van der Waals surface area contributed by atoms with Gasteiger partial charge in [0.1, 0.15) is 5.82 Å². The van der Waals surface area contributed by atoms with Crippen LogP contribution >= 0.6 is 11.6 Å². The Morgan fingerprint density at radius 2 is 1.56 bits per heavy atom. The molecule has 1 atom stereocenters. The fourth-order valence-electron chi connectivity index (χ4n) is 3.09. The number of halogens is 2. The first-order valence-electron chi connectivity index (χ1n) is 8.14. The second-order valence-corrected chi connectivity index (χ2v) is 6.44. The van der Waals surface area contributed by atoms with Gasteiger partial charge in [0.2, 0.25) is 0 Å². The smallest absolute Gasteiger partial charge is 0.123 e. The molecule has 0 unspecified atom stereocenters. The van der Waals surface area contributed by atoms with Gasteiger partial charge in [-0.15, -0.1) is 0 Å². The molecule has 25 heavy (non-hydrogen) atoms. The first-order chi connectivity index (χ1) is 12.2. The van der Waals surface area contributed by atoms with Gasteiger partial charge in [0.05, 0.1) is 17.4 Å². The van der Waals surface area contributed by atoms with Crippen LogP contribution in [0, 0.1) is 5.82 Å². The monoisotopic (exact) mass is 350 g/mol. The molecule has 0 amide bonds. The largest absolute Gasteiger partial charge is 0.257 e. The highest BCUT2D eigenvalue weighted by Gasteiger charge is 2.29. The average Bonchev–Trinajstić information content (AvgIpc) is 3.09. The molecule has 1 aliphatic heterocycles. The van der Waals surface area contributed by atoms with Crippen LogP contribution in [-0.2, 0) is 0 Å². The van der Waals surface area contributed by atoms with Gasteiger partial charge in [0, 0.05) is 11.4 Å². The standard InChI is InChI=1S/C21H16ClFN2/c22-17-10-6-15(7-11-17)20-14-21(16-8-12-18(23)13-9-16)25(24-20)19-4-2-1-3-5-19/h1-13,21H,14H2/t21-/m1/s1. The van der Waals surface area contributed by atoms with Gasteiger partial charge in [-0.2, -0.15) is 5.10 Å². The zero-order valence-corrected chi connectivity index (χ0v) is 14.2. The molecule has 0 aromatic heterocycles. The van der Waals surface area contributed by atoms with E-state index in [1.807, 2.05) is 71.7 Å². The molecule has 3 aromatic carbocycles. The van der Waals surface area contributed by atoms with E-state index in [1.54, 1.807) is 0 Å². The van der Waals surface area contributed by atoms with E-state index in [9.17, 15) is 4.39 Å². The van der Waals surface area contributed by atoms with E-state index in [-0.39, 0.29) is 11.9 Å². The highest BCUT2D eigenvalue weighted by Crippen LogP contribution is 2.36. The topological polar surface area (TPSA) is 15.6 Å². The molecule has 4 rings (SSSR count). The summed E-state index contributed by atoms with van der Waals surface area (Å²) in [7, 11) is 0. The first kappa shape index (κ1) is 15.9. The van der Waals surface area contributed by atoms with Crippen LogP contribution in [0.1, 0.15) is 23.6 Å². The minimum atomic E-state index is -0.230. The summed E-state index contributed by atoms with van der Waals surface area (Å²) in [6.45, 7) is 0. The summed E-state index contributed by atoms with van der Waals surface area (Å²) >= 11 is 6.00. The van der Waals surface area contributed by atoms with Crippen molar-refractivity contribution in [2.75, 3.05) is 5.01 Å². The lowest BCUT2D eigenvalue weighted by molar-refractivity contribution is 0.624. The molecule has 0 fully saturated rings. The van der Waals surface area contributed by atoms with Gasteiger partial charge >= 0.3 is 0 Å². The van der Waals surface area contributed by atoms with E-state index in [1.165, 1.54) is 12.1 Å². The van der Waals surface area contributed by atoms with Crippen LogP contribution in [0.3, 0.4) is 0 Å². The third-order valence-electron chi connectivity index (χ3n) is 4.36. The van der Waals surface area contributed by atoms with Gasteiger partial charge in [0.15, 0.2) is 0 Å². The molecule has 1 heterocycles. The van der Waals surface area contributed by atoms with E-state index >= 15 is 0 Å². The van der Waals surface area contributed by atoms with E-state index in [4.69, 9.17) is 16.7 Å². The molecule has 0 radical (unpaired) electrons. The number of para-hydroxylation sites is 1. The third-order valence-corrected chi connectivity index (χ3v) is 4.62. The maximum absolute atomic E-state index is 13.3. The number of hydrazone groups is 1. The number of anilines is 1. The fourth-order valence-corrected chi connectivity index (χ4v) is 3.22. The highest BCUT2D eigenvalue weighted by molar-refractivity contribution is 6.30. The van der Waals surface area contributed by atoms with E-state index < -0.39 is 0 Å². The molecular weight excluding hydrogens is 335 g/mol. The molecule has 0 saturated carbocycles. The van der Waals surface area contributed by atoms with Gasteiger partial charge in [0.25, 0.3) is 0 Å². The van der Waals surface area contributed by atoms with Crippen LogP contribution in [-0.4, -0.2) is 5.71 Å². The van der Waals surface area contributed by atoms with E-state index in [0.717, 1.165) is 28.9 Å². The number of rotatable bonds is 3. The van der Waals surface area contributed by atoms with Gasteiger partial charge in [-0.3, -0.25) is 5.01 Å². The van der Waals surface area contributed by atoms with Gasteiger partial charge in [-0.25, -0.2) is 4.39 Å². The summed E-state index contributed by atoms with van der Waals surface area (Å²) in [6.07, 6.45) is 0.752. The van der Waals surface area contributed by atoms with Crippen molar-refractivity contribution in [3.05, 3.63) is 101 Å². The van der Waals surface area contributed by atoms with Crippen molar-refractivity contribution < 1.29 is 4.39 Å². The normalized spacial score (nSPS) is 16.8. The number of hydrogen-bond donors (Lipinski definition) is 0. The van der Waals surface area contributed by atoms with Crippen LogP contribution in [0.2, 0.25) is 5.02 Å². The van der Waals surface area contributed by atoms with Crippen LogP contribution in [0.15, 0.2) is 84.0 Å². The summed E-state index contributed by atoms with van der Waals surface area (Å²) in [6, 6.07) is 24.4. The van der Waals surface area contributed by atoms with Crippen LogP contribution in [0.25, 0.3) is 0 Å². The maximum atomic E-state index is 13.3. The molecular formula is C21H16ClFN2. The third kappa shape index (κ3) is 3.28. The molecule has 2 nitrogen and oxygen atoms in total. The predicted octanol–water partition coefficient (Wildman–Crippen LogP) is 5.83. The van der Waals surface area contributed by atoms with Crippen molar-refractivity contribution in [2.24, 2.45) is 5.10 Å². The van der Waals surface area contributed by atoms with Crippen molar-refractivity contribution in [2.45, 2.75) is 12.5 Å². The van der Waals surface area contributed by atoms with Crippen molar-refractivity contribution in [1.29, 1.82) is 0 Å². The molecule has 0 spiro atoms. The molecule has 0 N–H and O–H groups in total. The number of nitrogens with zero attached hydrogens (tertiary/aromatic N) is 2. The molecule has 3 aromatic rings. The summed E-state index contributed by atoms with van der Waals surface area (Å²) in [5, 5.41) is 7.57. The van der Waals surface area contributed by atoms with Crippen LogP contribution in [0.5, 0.6) is 0 Å². The Bertz CT molecular complexity index is 889. The van der Waals surface area contributed by atoms with Crippen LogP contribution < -0.4 is 5.01 Å². The van der Waals surface area contributed by atoms with E-state index in [2.05, 4.69) is 0 Å². The van der Waals surface area contributed by atoms with E-state index in [0.29, 0.717) is 5.02 Å². The second-order valence-electron chi connectivity index (χ2n) is 6.01. The minimum Gasteiger partial charge on any atom is -0.257 e. The summed E-state index contributed by atoms with van der Waals surface area (Å²) < 4.78 is 13.3. The lowest BCUT2D eigenvalue weighted by atomic mass is 9.98. The van der Waals surface area contributed by atoms with Crippen molar-refractivity contribution >= 4 is 23.0 Å². The van der Waals surface area contributed by atoms with Gasteiger partial charge in [-0.05, 0) is 47.5 Å². The average molecular weight is 351 g/mol. The first-order valence-corrected chi connectivity index (χ1v) is 8.52. The summed E-state index contributed by atoms with van der Waals surface area (Å²) in [4.78, 5) is 0. The molecule has 0 aliphatic carbocycles. The van der Waals surface area contributed by atoms with Gasteiger partial charge in [-0.1, -0.05) is 54.1 Å². The Hall–Kier alpha value is -2.65. The molecule has 0 bridgehead atoms. The summed E-state index contributed by atoms with van der Waals surface area (Å²) in [5.74, 6) is -0.230. The van der Waals surface area contributed by atoms with Crippen molar-refractivity contribution in [3.63, 3.8) is 0 Å². The molecule has 0 saturated heterocycles. The fraction of sp³-hybridized carbons (Fsp3) is 0.0952. The Kier molecular flexibility index (Phi) is 4.24. The summed E-state index contributed by atoms with van der Waals surface area (Å²) in [5.41, 5.74) is 4.10. The Morgan fingerprint density at radius 3 is 2.24 bits per heavy atom. The number of hydrogen-bond acceptors (Lipinski definition) is 2. The SMILES string of the molecule is Fc1ccc([C@H]2CC(c3ccc(Cl)cc3)=NN2c2ccccc2)cc1. The van der Waals surface area contributed by atoms with Crippen molar-refractivity contribution in [3.8, 4) is 0 Å². The highest BCUT2D eigenvalue weighted by atomic mass is 35.5. The minimum absolute atomic E-state index is 0.0358. The second kappa shape index (κ2) is 6.69. The lowest BCUT2D eigenvalue weighted by Crippen LogP contribution is -2.18. The zero-order valence-electron chi connectivity index (χ0n) is 13.4. The molecule has 1 aliphatic rings. The van der Waals surface area contributed by atoms with Crippen LogP contribution in [0.4, 0.5) is 10.1 Å². The Morgan fingerprint density at radius 1 is 0.880 bits per heavy atom. The van der Waals surface area contributed by atoms with Gasteiger partial charge < -0.3 is 0 Å². The Balaban J connectivity index is 1.73. The lowest BCUT2D eigenvalue weighted by Gasteiger charge is -2.23. The Labute approximate surface area is 151 Å². The predicted molar refractivity (Wildman–Crippen MR) is 101 cm³/mol. The number of benzene rings is 3. The maximum Gasteiger partial charge on any atom is 0.123 e. The quantitative estimate of drug-likeness (QED) is 0.579. The molecule has 124 valence electrons. The zero-order chi connectivity index (χ0) is 17.2. The molecule has 4 heteroatoms. The van der Waals surface area contributed by atoms with Crippen molar-refractivity contribution in [1.82, 2.24) is 0 Å².